The van der Waals surface area contributed by atoms with Gasteiger partial charge in [-0.1, -0.05) is 15.9 Å². The van der Waals surface area contributed by atoms with Crippen LogP contribution in [-0.4, -0.2) is 10.8 Å². The van der Waals surface area contributed by atoms with Gasteiger partial charge in [0.2, 0.25) is 0 Å². The Kier molecular flexibility index (Phi) is 3.69. The van der Waals surface area contributed by atoms with E-state index >= 15 is 0 Å². The van der Waals surface area contributed by atoms with E-state index in [0.29, 0.717) is 10.8 Å². The summed E-state index contributed by atoms with van der Waals surface area (Å²) in [6.45, 7) is 3.41. The third kappa shape index (κ3) is 2.98. The second-order valence-corrected chi connectivity index (χ2v) is 5.46. The summed E-state index contributed by atoms with van der Waals surface area (Å²) in [5, 5.41) is 0.548. The summed E-state index contributed by atoms with van der Waals surface area (Å²) in [5.74, 6) is 0.0251. The lowest BCUT2D eigenvalue weighted by Gasteiger charge is -2.04. The van der Waals surface area contributed by atoms with Crippen LogP contribution in [0.2, 0.25) is 0 Å². The van der Waals surface area contributed by atoms with Crippen LogP contribution in [0.3, 0.4) is 0 Å². The summed E-state index contributed by atoms with van der Waals surface area (Å²) in [4.78, 5) is 16.6. The number of rotatable bonds is 3. The molecule has 0 spiro atoms. The molecule has 0 saturated heterocycles. The summed E-state index contributed by atoms with van der Waals surface area (Å²) in [6.07, 6.45) is 1.59. The van der Waals surface area contributed by atoms with E-state index < -0.39 is 0 Å². The molecule has 88 valence electrons. The van der Waals surface area contributed by atoms with Crippen LogP contribution in [0.1, 0.15) is 23.0 Å². The number of carbonyl (C=O) groups is 1. The Hall–Kier alpha value is -1.07. The number of hydrogen-bond donors (Lipinski definition) is 0. The van der Waals surface area contributed by atoms with E-state index in [1.165, 1.54) is 11.8 Å². The lowest BCUT2D eigenvalue weighted by atomic mass is 10.1. The number of hydrogen-bond acceptors (Lipinski definition) is 4. The van der Waals surface area contributed by atoms with Gasteiger partial charge in [-0.2, -0.15) is 0 Å². The van der Waals surface area contributed by atoms with Gasteiger partial charge in [0.1, 0.15) is 6.26 Å². The van der Waals surface area contributed by atoms with Crippen molar-refractivity contribution in [3.63, 3.8) is 0 Å². The van der Waals surface area contributed by atoms with Crippen LogP contribution in [-0.2, 0) is 0 Å². The quantitative estimate of drug-likeness (QED) is 0.800. The largest absolute Gasteiger partial charge is 0.439 e. The maximum Gasteiger partial charge on any atom is 0.260 e. The number of aryl methyl sites for hydroxylation is 1. The Morgan fingerprint density at radius 2 is 2.24 bits per heavy atom. The number of aromatic nitrogens is 1. The third-order valence-corrected chi connectivity index (χ3v) is 3.55. The number of oxazole rings is 1. The van der Waals surface area contributed by atoms with E-state index in [4.69, 9.17) is 4.42 Å². The molecule has 2 aromatic rings. The van der Waals surface area contributed by atoms with E-state index in [-0.39, 0.29) is 5.78 Å². The summed E-state index contributed by atoms with van der Waals surface area (Å²) in [7, 11) is 0. The van der Waals surface area contributed by atoms with Crippen LogP contribution < -0.4 is 0 Å². The van der Waals surface area contributed by atoms with Crippen molar-refractivity contribution in [2.24, 2.45) is 0 Å². The van der Waals surface area contributed by atoms with Gasteiger partial charge in [0.15, 0.2) is 5.78 Å². The molecular weight excluding hydrogens is 302 g/mol. The molecule has 0 aliphatic carbocycles. The minimum atomic E-state index is 0.0251. The Morgan fingerprint density at radius 3 is 2.82 bits per heavy atom. The zero-order chi connectivity index (χ0) is 12.4. The Bertz CT molecular complexity index is 565. The second-order valence-electron chi connectivity index (χ2n) is 3.55. The molecule has 0 N–H and O–H groups in total. The van der Waals surface area contributed by atoms with E-state index in [9.17, 15) is 4.79 Å². The highest BCUT2D eigenvalue weighted by Gasteiger charge is 2.12. The predicted octanol–water partition coefficient (Wildman–Crippen LogP) is 4.10. The number of nitrogens with zero attached hydrogens (tertiary/aromatic N) is 1. The Morgan fingerprint density at radius 1 is 1.47 bits per heavy atom. The molecule has 17 heavy (non-hydrogen) atoms. The van der Waals surface area contributed by atoms with E-state index in [1.807, 2.05) is 19.1 Å². The zero-order valence-corrected chi connectivity index (χ0v) is 11.8. The van der Waals surface area contributed by atoms with Gasteiger partial charge in [0.05, 0.1) is 5.69 Å². The fraction of sp³-hybridized carbons (Fsp3) is 0.167. The zero-order valence-electron chi connectivity index (χ0n) is 9.36. The molecule has 1 aromatic carbocycles. The smallest absolute Gasteiger partial charge is 0.260 e. The van der Waals surface area contributed by atoms with Gasteiger partial charge in [0.25, 0.3) is 5.22 Å². The lowest BCUT2D eigenvalue weighted by Crippen LogP contribution is -1.95. The van der Waals surface area contributed by atoms with Gasteiger partial charge >= 0.3 is 0 Å². The Balaban J connectivity index is 2.35. The van der Waals surface area contributed by atoms with E-state index in [1.54, 1.807) is 19.3 Å². The van der Waals surface area contributed by atoms with Crippen molar-refractivity contribution in [2.75, 3.05) is 0 Å². The molecule has 1 heterocycles. The Labute approximate surface area is 112 Å². The molecule has 0 amide bonds. The first-order valence-corrected chi connectivity index (χ1v) is 6.57. The first-order chi connectivity index (χ1) is 8.06. The molecule has 0 saturated carbocycles. The van der Waals surface area contributed by atoms with E-state index in [2.05, 4.69) is 20.9 Å². The molecule has 1 aromatic heterocycles. The van der Waals surface area contributed by atoms with Gasteiger partial charge in [-0.05, 0) is 43.8 Å². The van der Waals surface area contributed by atoms with Crippen LogP contribution in [0.15, 0.2) is 43.5 Å². The molecule has 0 aliphatic rings. The van der Waals surface area contributed by atoms with Crippen LogP contribution in [0.5, 0.6) is 0 Å². The number of halogens is 1. The monoisotopic (exact) mass is 311 g/mol. The fourth-order valence-electron chi connectivity index (χ4n) is 1.34. The van der Waals surface area contributed by atoms with Crippen molar-refractivity contribution in [2.45, 2.75) is 24.0 Å². The highest BCUT2D eigenvalue weighted by Crippen LogP contribution is 2.31. The molecule has 0 aliphatic heterocycles. The van der Waals surface area contributed by atoms with Crippen molar-refractivity contribution in [1.29, 1.82) is 0 Å². The molecule has 0 bridgehead atoms. The van der Waals surface area contributed by atoms with Crippen LogP contribution in [0.25, 0.3) is 0 Å². The van der Waals surface area contributed by atoms with E-state index in [0.717, 1.165) is 15.1 Å². The average Bonchev–Trinajstić information content (AvgIpc) is 2.66. The van der Waals surface area contributed by atoms with Crippen molar-refractivity contribution in [3.05, 3.63) is 40.2 Å². The van der Waals surface area contributed by atoms with Crippen molar-refractivity contribution in [1.82, 2.24) is 4.98 Å². The number of ketones is 1. The van der Waals surface area contributed by atoms with Crippen molar-refractivity contribution < 1.29 is 9.21 Å². The lowest BCUT2D eigenvalue weighted by molar-refractivity contribution is 0.101. The molecule has 0 unspecified atom stereocenters. The molecule has 5 heteroatoms. The number of Topliss-reactive ketones (excluding diaryl/α,β-unsaturated/α-hetero) is 1. The first kappa shape index (κ1) is 12.4. The summed E-state index contributed by atoms with van der Waals surface area (Å²) in [5.41, 5.74) is 1.49. The normalized spacial score (nSPS) is 10.5. The highest BCUT2D eigenvalue weighted by molar-refractivity contribution is 9.10. The molecule has 2 rings (SSSR count). The third-order valence-electron chi connectivity index (χ3n) is 2.12. The maximum absolute atomic E-state index is 11.5. The standard InChI is InChI=1S/C12H10BrNO2S/c1-7-6-16-12(14-7)17-11-4-3-9(13)5-10(11)8(2)15/h3-6H,1-2H3. The summed E-state index contributed by atoms with van der Waals surface area (Å²) >= 11 is 4.71. The first-order valence-electron chi connectivity index (χ1n) is 4.97. The SMILES string of the molecule is CC(=O)c1cc(Br)ccc1Sc1nc(C)co1. The summed E-state index contributed by atoms with van der Waals surface area (Å²) < 4.78 is 6.15. The van der Waals surface area contributed by atoms with Gasteiger partial charge in [-0.3, -0.25) is 4.79 Å². The van der Waals surface area contributed by atoms with Gasteiger partial charge in [-0.15, -0.1) is 0 Å². The summed E-state index contributed by atoms with van der Waals surface area (Å²) in [6, 6.07) is 5.58. The van der Waals surface area contributed by atoms with Gasteiger partial charge in [-0.25, -0.2) is 4.98 Å². The molecule has 3 nitrogen and oxygen atoms in total. The average molecular weight is 312 g/mol. The molecule has 0 radical (unpaired) electrons. The highest BCUT2D eigenvalue weighted by atomic mass is 79.9. The molecule has 0 fully saturated rings. The predicted molar refractivity (Wildman–Crippen MR) is 69.5 cm³/mol. The topological polar surface area (TPSA) is 43.1 Å². The molecular formula is C12H10BrNO2S. The van der Waals surface area contributed by atoms with Crippen molar-refractivity contribution >= 4 is 33.5 Å². The second kappa shape index (κ2) is 5.06. The maximum atomic E-state index is 11.5. The fourth-order valence-corrected chi connectivity index (χ4v) is 2.62. The van der Waals surface area contributed by atoms with Crippen LogP contribution >= 0.6 is 27.7 Å². The van der Waals surface area contributed by atoms with Gasteiger partial charge < -0.3 is 4.42 Å². The minimum absolute atomic E-state index is 0.0251. The molecule has 0 atom stereocenters. The van der Waals surface area contributed by atoms with Crippen LogP contribution in [0.4, 0.5) is 0 Å². The van der Waals surface area contributed by atoms with Crippen LogP contribution in [0, 0.1) is 6.92 Å². The minimum Gasteiger partial charge on any atom is -0.439 e. The van der Waals surface area contributed by atoms with Gasteiger partial charge in [0, 0.05) is 14.9 Å². The number of carbonyl (C=O) groups excluding carboxylic acids is 1. The number of benzene rings is 1. The van der Waals surface area contributed by atoms with Crippen molar-refractivity contribution in [3.8, 4) is 0 Å².